The van der Waals surface area contributed by atoms with Gasteiger partial charge in [-0.25, -0.2) is 0 Å². The molecule has 0 amide bonds. The number of hydrogen-bond acceptors (Lipinski definition) is 2. The molecule has 2 heteroatoms. The summed E-state index contributed by atoms with van der Waals surface area (Å²) in [5.74, 6) is 0. The molecule has 2 aromatic rings. The first-order valence-corrected chi connectivity index (χ1v) is 7.55. The van der Waals surface area contributed by atoms with Crippen molar-refractivity contribution in [3.05, 3.63) is 64.7 Å². The minimum Gasteiger partial charge on any atom is -0.381 e. The lowest BCUT2D eigenvalue weighted by Crippen LogP contribution is -2.01. The Morgan fingerprint density at radius 2 is 1.86 bits per heavy atom. The molecular formula is C19H22N2. The van der Waals surface area contributed by atoms with Gasteiger partial charge in [-0.1, -0.05) is 31.5 Å². The zero-order chi connectivity index (χ0) is 15.1. The highest BCUT2D eigenvalue weighted by molar-refractivity contribution is 5.46. The quantitative estimate of drug-likeness (QED) is 0.822. The average Bonchev–Trinajstić information content (AvgIpc) is 2.52. The van der Waals surface area contributed by atoms with Crippen LogP contribution in [0.5, 0.6) is 0 Å². The third-order valence-corrected chi connectivity index (χ3v) is 3.73. The summed E-state index contributed by atoms with van der Waals surface area (Å²) in [6, 6.07) is 16.7. The van der Waals surface area contributed by atoms with Crippen molar-refractivity contribution < 1.29 is 0 Å². The van der Waals surface area contributed by atoms with Crippen LogP contribution in [0.4, 0.5) is 5.69 Å². The molecule has 108 valence electrons. The van der Waals surface area contributed by atoms with Crippen LogP contribution < -0.4 is 5.32 Å². The van der Waals surface area contributed by atoms with Gasteiger partial charge in [0, 0.05) is 12.2 Å². The molecular weight excluding hydrogens is 256 g/mol. The molecule has 2 nitrogen and oxygen atoms in total. The smallest absolute Gasteiger partial charge is 0.0991 e. The van der Waals surface area contributed by atoms with Crippen LogP contribution in [0.2, 0.25) is 0 Å². The molecule has 21 heavy (non-hydrogen) atoms. The Hall–Kier alpha value is -2.27. The number of nitriles is 1. The molecule has 0 heterocycles. The van der Waals surface area contributed by atoms with Gasteiger partial charge in [-0.2, -0.15) is 5.26 Å². The van der Waals surface area contributed by atoms with E-state index in [9.17, 15) is 0 Å². The first kappa shape index (κ1) is 15.1. The van der Waals surface area contributed by atoms with Crippen LogP contribution in [-0.4, -0.2) is 0 Å². The normalized spacial score (nSPS) is 10.1. The number of hydrogen-bond donors (Lipinski definition) is 1. The van der Waals surface area contributed by atoms with E-state index < -0.39 is 0 Å². The fraction of sp³-hybridized carbons (Fsp3) is 0.316. The maximum absolute atomic E-state index is 8.88. The maximum atomic E-state index is 8.88. The van der Waals surface area contributed by atoms with Gasteiger partial charge >= 0.3 is 0 Å². The van der Waals surface area contributed by atoms with Gasteiger partial charge in [-0.05, 0) is 60.7 Å². The molecule has 1 N–H and O–H groups in total. The van der Waals surface area contributed by atoms with E-state index in [1.54, 1.807) is 0 Å². The van der Waals surface area contributed by atoms with Crippen molar-refractivity contribution in [1.82, 2.24) is 0 Å². The summed E-state index contributed by atoms with van der Waals surface area (Å²) in [7, 11) is 0. The van der Waals surface area contributed by atoms with E-state index >= 15 is 0 Å². The van der Waals surface area contributed by atoms with Crippen molar-refractivity contribution in [3.63, 3.8) is 0 Å². The molecule has 0 aliphatic rings. The second kappa shape index (κ2) is 7.50. The third kappa shape index (κ3) is 4.36. The van der Waals surface area contributed by atoms with Crippen molar-refractivity contribution in [3.8, 4) is 6.07 Å². The van der Waals surface area contributed by atoms with Gasteiger partial charge in [-0.15, -0.1) is 0 Å². The molecule has 0 aliphatic carbocycles. The second-order valence-corrected chi connectivity index (χ2v) is 5.41. The number of benzene rings is 2. The Bertz CT molecular complexity index is 621. The van der Waals surface area contributed by atoms with Crippen LogP contribution in [-0.2, 0) is 13.0 Å². The van der Waals surface area contributed by atoms with Crippen molar-refractivity contribution in [2.24, 2.45) is 0 Å². The van der Waals surface area contributed by atoms with E-state index in [2.05, 4.69) is 42.6 Å². The molecule has 0 saturated carbocycles. The molecule has 0 spiro atoms. The van der Waals surface area contributed by atoms with Crippen LogP contribution in [0.1, 0.15) is 42.0 Å². The van der Waals surface area contributed by atoms with Crippen LogP contribution in [0.25, 0.3) is 0 Å². The number of nitrogens with zero attached hydrogens (tertiary/aromatic N) is 1. The van der Waals surface area contributed by atoms with E-state index in [-0.39, 0.29) is 0 Å². The van der Waals surface area contributed by atoms with Gasteiger partial charge in [0.2, 0.25) is 0 Å². The summed E-state index contributed by atoms with van der Waals surface area (Å²) in [4.78, 5) is 0. The summed E-state index contributed by atoms with van der Waals surface area (Å²) in [5, 5.41) is 12.3. The number of unbranched alkanes of at least 4 members (excludes halogenated alkanes) is 1. The fourth-order valence-electron chi connectivity index (χ4n) is 2.33. The minimum atomic E-state index is 0.719. The lowest BCUT2D eigenvalue weighted by atomic mass is 10.1. The summed E-state index contributed by atoms with van der Waals surface area (Å²) >= 11 is 0. The molecule has 0 saturated heterocycles. The van der Waals surface area contributed by atoms with E-state index in [1.165, 1.54) is 24.0 Å². The Kier molecular flexibility index (Phi) is 5.40. The van der Waals surface area contributed by atoms with Crippen LogP contribution in [0, 0.1) is 18.3 Å². The molecule has 0 unspecified atom stereocenters. The van der Waals surface area contributed by atoms with Crippen LogP contribution in [0.3, 0.4) is 0 Å². The van der Waals surface area contributed by atoms with E-state index in [1.807, 2.05) is 25.1 Å². The lowest BCUT2D eigenvalue weighted by Gasteiger charge is -2.10. The molecule has 2 aromatic carbocycles. The van der Waals surface area contributed by atoms with Crippen molar-refractivity contribution in [2.75, 3.05) is 5.32 Å². The zero-order valence-corrected chi connectivity index (χ0v) is 12.8. The highest BCUT2D eigenvalue weighted by Crippen LogP contribution is 2.15. The summed E-state index contributed by atoms with van der Waals surface area (Å²) in [6.45, 7) is 5.05. The number of aryl methyl sites for hydroxylation is 2. The van der Waals surface area contributed by atoms with Crippen molar-refractivity contribution in [1.29, 1.82) is 5.26 Å². The van der Waals surface area contributed by atoms with Gasteiger partial charge in [-0.3, -0.25) is 0 Å². The molecule has 0 atom stereocenters. The molecule has 0 aliphatic heterocycles. The maximum Gasteiger partial charge on any atom is 0.0991 e. The largest absolute Gasteiger partial charge is 0.381 e. The fourth-order valence-corrected chi connectivity index (χ4v) is 2.33. The Morgan fingerprint density at radius 1 is 1.10 bits per heavy atom. The number of rotatable bonds is 6. The van der Waals surface area contributed by atoms with E-state index in [0.717, 1.165) is 29.8 Å². The van der Waals surface area contributed by atoms with Crippen molar-refractivity contribution in [2.45, 2.75) is 39.7 Å². The van der Waals surface area contributed by atoms with Crippen LogP contribution in [0.15, 0.2) is 42.5 Å². The monoisotopic (exact) mass is 278 g/mol. The first-order chi connectivity index (χ1) is 10.2. The van der Waals surface area contributed by atoms with Gasteiger partial charge in [0.15, 0.2) is 0 Å². The van der Waals surface area contributed by atoms with Gasteiger partial charge in [0.1, 0.15) is 0 Å². The van der Waals surface area contributed by atoms with Gasteiger partial charge in [0.25, 0.3) is 0 Å². The highest BCUT2D eigenvalue weighted by atomic mass is 14.9. The van der Waals surface area contributed by atoms with E-state index in [0.29, 0.717) is 0 Å². The molecule has 0 aromatic heterocycles. The average molecular weight is 278 g/mol. The summed E-state index contributed by atoms with van der Waals surface area (Å²) < 4.78 is 0. The Labute approximate surface area is 127 Å². The molecule has 0 radical (unpaired) electrons. The van der Waals surface area contributed by atoms with Crippen molar-refractivity contribution >= 4 is 5.69 Å². The van der Waals surface area contributed by atoms with Gasteiger partial charge < -0.3 is 5.32 Å². The number of nitrogens with one attached hydrogen (secondary N) is 1. The number of anilines is 1. The Morgan fingerprint density at radius 3 is 2.48 bits per heavy atom. The molecule has 2 rings (SSSR count). The lowest BCUT2D eigenvalue weighted by molar-refractivity contribution is 0.795. The standard InChI is InChI=1S/C19H22N2/c1-3-4-5-16-7-10-19(11-8-16)21-14-18-9-6-17(13-20)12-15(18)2/h6-12,21H,3-5,14H2,1-2H3. The minimum absolute atomic E-state index is 0.719. The first-order valence-electron chi connectivity index (χ1n) is 7.55. The Balaban J connectivity index is 1.95. The SMILES string of the molecule is CCCCc1ccc(NCc2ccc(C#N)cc2C)cc1. The topological polar surface area (TPSA) is 35.8 Å². The van der Waals surface area contributed by atoms with Crippen LogP contribution >= 0.6 is 0 Å². The van der Waals surface area contributed by atoms with Gasteiger partial charge in [0.05, 0.1) is 11.6 Å². The summed E-state index contributed by atoms with van der Waals surface area (Å²) in [6.07, 6.45) is 3.64. The second-order valence-electron chi connectivity index (χ2n) is 5.41. The zero-order valence-electron chi connectivity index (χ0n) is 12.8. The predicted octanol–water partition coefficient (Wildman–Crippen LogP) is 4.82. The predicted molar refractivity (Wildman–Crippen MR) is 88.3 cm³/mol. The summed E-state index contributed by atoms with van der Waals surface area (Å²) in [5.41, 5.74) is 5.64. The van der Waals surface area contributed by atoms with E-state index in [4.69, 9.17) is 5.26 Å². The third-order valence-electron chi connectivity index (χ3n) is 3.73. The molecule has 0 bridgehead atoms. The highest BCUT2D eigenvalue weighted by Gasteiger charge is 2.00. The molecule has 0 fully saturated rings.